The lowest BCUT2D eigenvalue weighted by molar-refractivity contribution is 0.341. The number of hydrogen-bond donors (Lipinski definition) is 0. The molecule has 1 saturated carbocycles. The van der Waals surface area contributed by atoms with Gasteiger partial charge >= 0.3 is 0 Å². The summed E-state index contributed by atoms with van der Waals surface area (Å²) in [6.45, 7) is 2.26. The van der Waals surface area contributed by atoms with Crippen molar-refractivity contribution in [2.75, 3.05) is 0 Å². The third kappa shape index (κ3) is 2.49. The summed E-state index contributed by atoms with van der Waals surface area (Å²) in [7, 11) is 0. The Morgan fingerprint density at radius 1 is 1.40 bits per heavy atom. The topological polar surface area (TPSA) is 0 Å². The third-order valence-electron chi connectivity index (χ3n) is 2.42. The average Bonchev–Trinajstić information content (AvgIpc) is 1.88. The van der Waals surface area contributed by atoms with Crippen molar-refractivity contribution in [1.82, 2.24) is 0 Å². The van der Waals surface area contributed by atoms with Crippen LogP contribution in [0.3, 0.4) is 0 Å². The number of halogens is 1. The molecule has 0 aromatic carbocycles. The van der Waals surface area contributed by atoms with E-state index in [4.69, 9.17) is 11.6 Å². The second-order valence-corrected chi connectivity index (χ2v) is 4.04. The molecule has 1 rings (SSSR count). The lowest BCUT2D eigenvalue weighted by Gasteiger charge is -2.24. The highest BCUT2D eigenvalue weighted by Gasteiger charge is 2.18. The maximum absolute atomic E-state index is 6.05. The smallest absolute Gasteiger partial charge is 0.0338 e. The first-order valence-electron chi connectivity index (χ1n) is 4.47. The first kappa shape index (κ1) is 8.39. The van der Waals surface area contributed by atoms with Gasteiger partial charge < -0.3 is 0 Å². The van der Waals surface area contributed by atoms with Gasteiger partial charge in [-0.1, -0.05) is 32.6 Å². The summed E-state index contributed by atoms with van der Waals surface area (Å²) in [5, 5.41) is 0.491. The minimum Gasteiger partial charge on any atom is -0.123 e. The van der Waals surface area contributed by atoms with Gasteiger partial charge in [-0.3, -0.25) is 0 Å². The maximum Gasteiger partial charge on any atom is 0.0338 e. The van der Waals surface area contributed by atoms with Crippen LogP contribution in [0.15, 0.2) is 0 Å². The van der Waals surface area contributed by atoms with Crippen LogP contribution in [-0.2, 0) is 0 Å². The lowest BCUT2D eigenvalue weighted by atomic mass is 9.86. The van der Waals surface area contributed by atoms with Crippen LogP contribution >= 0.6 is 11.6 Å². The normalized spacial score (nSPS) is 34.2. The highest BCUT2D eigenvalue weighted by Crippen LogP contribution is 2.30. The second-order valence-electron chi connectivity index (χ2n) is 3.42. The van der Waals surface area contributed by atoms with Crippen LogP contribution in [0.2, 0.25) is 0 Å². The minimum atomic E-state index is 0.491. The van der Waals surface area contributed by atoms with Gasteiger partial charge in [0.25, 0.3) is 0 Å². The van der Waals surface area contributed by atoms with E-state index in [1.54, 1.807) is 0 Å². The number of rotatable bonds is 2. The molecule has 2 atom stereocenters. The van der Waals surface area contributed by atoms with Crippen molar-refractivity contribution in [3.63, 3.8) is 0 Å². The molecular weight excluding hydrogens is 144 g/mol. The molecule has 60 valence electrons. The third-order valence-corrected chi connectivity index (χ3v) is 2.81. The average molecular weight is 161 g/mol. The van der Waals surface area contributed by atoms with Gasteiger partial charge in [0, 0.05) is 5.38 Å². The van der Waals surface area contributed by atoms with Crippen molar-refractivity contribution in [2.45, 2.75) is 50.8 Å². The zero-order valence-corrected chi connectivity index (χ0v) is 7.53. The molecule has 0 spiro atoms. The van der Waals surface area contributed by atoms with E-state index in [0.29, 0.717) is 5.38 Å². The van der Waals surface area contributed by atoms with Crippen LogP contribution in [0, 0.1) is 5.92 Å². The molecule has 0 heterocycles. The molecule has 1 aliphatic carbocycles. The first-order valence-corrected chi connectivity index (χ1v) is 4.90. The van der Waals surface area contributed by atoms with Crippen LogP contribution in [0.25, 0.3) is 0 Å². The molecule has 0 radical (unpaired) electrons. The van der Waals surface area contributed by atoms with Crippen LogP contribution in [0.4, 0.5) is 0 Å². The number of alkyl halides is 1. The lowest BCUT2D eigenvalue weighted by Crippen LogP contribution is -2.14. The second kappa shape index (κ2) is 4.23. The molecular formula is C9H17Cl. The van der Waals surface area contributed by atoms with E-state index in [-0.39, 0.29) is 0 Å². The Labute approximate surface area is 69.0 Å². The SMILES string of the molecule is CCCC1CCCC(Cl)C1. The van der Waals surface area contributed by atoms with Crippen LogP contribution in [0.5, 0.6) is 0 Å². The van der Waals surface area contributed by atoms with E-state index in [9.17, 15) is 0 Å². The van der Waals surface area contributed by atoms with Crippen LogP contribution in [-0.4, -0.2) is 5.38 Å². The van der Waals surface area contributed by atoms with Gasteiger partial charge in [-0.2, -0.15) is 0 Å². The van der Waals surface area contributed by atoms with Crippen molar-refractivity contribution in [3.05, 3.63) is 0 Å². The molecule has 2 unspecified atom stereocenters. The van der Waals surface area contributed by atoms with Crippen LogP contribution in [0.1, 0.15) is 45.4 Å². The van der Waals surface area contributed by atoms with Crippen molar-refractivity contribution in [3.8, 4) is 0 Å². The van der Waals surface area contributed by atoms with E-state index >= 15 is 0 Å². The molecule has 10 heavy (non-hydrogen) atoms. The van der Waals surface area contributed by atoms with Crippen molar-refractivity contribution < 1.29 is 0 Å². The predicted molar refractivity (Wildman–Crippen MR) is 46.5 cm³/mol. The van der Waals surface area contributed by atoms with Crippen molar-refractivity contribution in [1.29, 1.82) is 0 Å². The Morgan fingerprint density at radius 2 is 2.20 bits per heavy atom. The molecule has 1 fully saturated rings. The molecule has 1 aliphatic rings. The van der Waals surface area contributed by atoms with E-state index < -0.39 is 0 Å². The summed E-state index contributed by atoms with van der Waals surface area (Å²) in [6, 6.07) is 0. The Hall–Kier alpha value is 0.290. The molecule has 0 aromatic rings. The maximum atomic E-state index is 6.05. The highest BCUT2D eigenvalue weighted by atomic mass is 35.5. The van der Waals surface area contributed by atoms with Crippen molar-refractivity contribution in [2.24, 2.45) is 5.92 Å². The fourth-order valence-electron chi connectivity index (χ4n) is 1.90. The van der Waals surface area contributed by atoms with Gasteiger partial charge in [0.1, 0.15) is 0 Å². The molecule has 0 bridgehead atoms. The summed E-state index contributed by atoms with van der Waals surface area (Å²) in [6.07, 6.45) is 8.03. The zero-order chi connectivity index (χ0) is 7.40. The molecule has 1 heteroatoms. The van der Waals surface area contributed by atoms with Crippen LogP contribution < -0.4 is 0 Å². The van der Waals surface area contributed by atoms with Gasteiger partial charge in [0.2, 0.25) is 0 Å². The van der Waals surface area contributed by atoms with Crippen molar-refractivity contribution >= 4 is 11.6 Å². The molecule has 0 aromatic heterocycles. The van der Waals surface area contributed by atoms with Gasteiger partial charge in [-0.05, 0) is 18.8 Å². The summed E-state index contributed by atoms with van der Waals surface area (Å²) >= 11 is 6.05. The monoisotopic (exact) mass is 160 g/mol. The fraction of sp³-hybridized carbons (Fsp3) is 1.00. The Bertz CT molecular complexity index is 88.7. The zero-order valence-electron chi connectivity index (χ0n) is 6.78. The highest BCUT2D eigenvalue weighted by molar-refractivity contribution is 6.20. The van der Waals surface area contributed by atoms with Gasteiger partial charge in [-0.15, -0.1) is 11.6 Å². The van der Waals surface area contributed by atoms with Gasteiger partial charge in [0.05, 0.1) is 0 Å². The fourth-order valence-corrected chi connectivity index (χ4v) is 2.30. The molecule has 0 N–H and O–H groups in total. The summed E-state index contributed by atoms with van der Waals surface area (Å²) in [5.41, 5.74) is 0. The Balaban J connectivity index is 2.18. The Kier molecular flexibility index (Phi) is 3.55. The molecule has 0 saturated heterocycles. The summed E-state index contributed by atoms with van der Waals surface area (Å²) < 4.78 is 0. The summed E-state index contributed by atoms with van der Waals surface area (Å²) in [4.78, 5) is 0. The minimum absolute atomic E-state index is 0.491. The standard InChI is InChI=1S/C9H17Cl/c1-2-4-8-5-3-6-9(10)7-8/h8-9H,2-7H2,1H3. The largest absolute Gasteiger partial charge is 0.123 e. The first-order chi connectivity index (χ1) is 4.83. The van der Waals surface area contributed by atoms with E-state index in [2.05, 4.69) is 6.92 Å². The van der Waals surface area contributed by atoms with Gasteiger partial charge in [0.15, 0.2) is 0 Å². The summed E-state index contributed by atoms with van der Waals surface area (Å²) in [5.74, 6) is 0.946. The van der Waals surface area contributed by atoms with Gasteiger partial charge in [-0.25, -0.2) is 0 Å². The molecule has 0 aliphatic heterocycles. The van der Waals surface area contributed by atoms with E-state index in [0.717, 1.165) is 5.92 Å². The number of hydrogen-bond acceptors (Lipinski definition) is 0. The molecule has 0 nitrogen and oxygen atoms in total. The van der Waals surface area contributed by atoms with E-state index in [1.165, 1.54) is 38.5 Å². The van der Waals surface area contributed by atoms with E-state index in [1.807, 2.05) is 0 Å². The Morgan fingerprint density at radius 3 is 2.80 bits per heavy atom. The predicted octanol–water partition coefficient (Wildman–Crippen LogP) is 3.58. The quantitative estimate of drug-likeness (QED) is 0.542. The molecule has 0 amide bonds.